The van der Waals surface area contributed by atoms with Gasteiger partial charge in [-0.05, 0) is 135 Å². The van der Waals surface area contributed by atoms with Crippen LogP contribution >= 0.6 is 0 Å². The molecule has 194 valence electrons. The van der Waals surface area contributed by atoms with Crippen LogP contribution in [0.1, 0.15) is 48.5 Å². The molecular weight excluding hydrogens is 480 g/mol. The molecule has 0 radical (unpaired) electrons. The van der Waals surface area contributed by atoms with E-state index < -0.39 is 11.9 Å². The Morgan fingerprint density at radius 1 is 0.526 bits per heavy atom. The van der Waals surface area contributed by atoms with Crippen molar-refractivity contribution in [3.63, 3.8) is 0 Å². The Morgan fingerprint density at radius 2 is 0.921 bits per heavy atom. The lowest BCUT2D eigenvalue weighted by Crippen LogP contribution is -2.10. The zero-order valence-electron chi connectivity index (χ0n) is 22.4. The molecule has 38 heavy (non-hydrogen) atoms. The summed E-state index contributed by atoms with van der Waals surface area (Å²) >= 11 is 0. The number of ether oxygens (including phenoxy) is 4. The van der Waals surface area contributed by atoms with E-state index >= 15 is 0 Å². The number of carbonyl (C=O) groups excluding carboxylic acids is 2. The summed E-state index contributed by atoms with van der Waals surface area (Å²) in [5, 5.41) is 0. The fraction of sp³-hybridized carbons (Fsp3) is 0.188. The molecule has 0 aliphatic heterocycles. The Kier molecular flexibility index (Phi) is 7.82. The molecule has 6 nitrogen and oxygen atoms in total. The van der Waals surface area contributed by atoms with E-state index in [1.165, 1.54) is 23.8 Å². The van der Waals surface area contributed by atoms with Crippen LogP contribution in [-0.4, -0.2) is 19.0 Å². The summed E-state index contributed by atoms with van der Waals surface area (Å²) < 4.78 is 22.4. The van der Waals surface area contributed by atoms with Crippen LogP contribution in [0.4, 0.5) is 0 Å². The second-order valence-corrected chi connectivity index (χ2v) is 9.20. The summed E-state index contributed by atoms with van der Waals surface area (Å²) in [6.45, 7) is 10.00. The van der Waals surface area contributed by atoms with Crippen molar-refractivity contribution in [1.82, 2.24) is 0 Å². The van der Waals surface area contributed by atoms with Gasteiger partial charge in [-0.1, -0.05) is 0 Å². The summed E-state index contributed by atoms with van der Waals surface area (Å²) in [5.41, 5.74) is 6.01. The van der Waals surface area contributed by atoms with Crippen LogP contribution in [0.15, 0.2) is 72.8 Å². The summed E-state index contributed by atoms with van der Waals surface area (Å²) in [6.07, 6.45) is 0. The van der Waals surface area contributed by atoms with E-state index in [4.69, 9.17) is 18.9 Å². The van der Waals surface area contributed by atoms with Crippen molar-refractivity contribution in [2.24, 2.45) is 0 Å². The van der Waals surface area contributed by atoms with Crippen LogP contribution in [0.3, 0.4) is 0 Å². The number of aryl methyl sites for hydroxylation is 4. The van der Waals surface area contributed by atoms with Crippen molar-refractivity contribution in [3.05, 3.63) is 112 Å². The van der Waals surface area contributed by atoms with E-state index in [0.717, 1.165) is 16.9 Å². The predicted molar refractivity (Wildman–Crippen MR) is 146 cm³/mol. The third-order valence-electron chi connectivity index (χ3n) is 6.37. The Morgan fingerprint density at radius 3 is 1.37 bits per heavy atom. The van der Waals surface area contributed by atoms with Crippen LogP contribution in [0.5, 0.6) is 28.7 Å². The highest BCUT2D eigenvalue weighted by Crippen LogP contribution is 2.33. The van der Waals surface area contributed by atoms with Gasteiger partial charge in [0, 0.05) is 0 Å². The lowest BCUT2D eigenvalue weighted by molar-refractivity contribution is 0.0600. The molecule has 0 amide bonds. The van der Waals surface area contributed by atoms with Gasteiger partial charge in [0.15, 0.2) is 0 Å². The highest BCUT2D eigenvalue weighted by atomic mass is 16.5. The lowest BCUT2D eigenvalue weighted by atomic mass is 10.0. The maximum absolute atomic E-state index is 12.9. The van der Waals surface area contributed by atoms with Crippen molar-refractivity contribution in [3.8, 4) is 28.7 Å². The minimum Gasteiger partial charge on any atom is -0.465 e. The molecule has 0 saturated carbocycles. The molecule has 0 bridgehead atoms. The Labute approximate surface area is 222 Å². The molecule has 0 heterocycles. The number of esters is 2. The molecule has 0 spiro atoms. The van der Waals surface area contributed by atoms with Crippen LogP contribution < -0.4 is 14.2 Å². The van der Waals surface area contributed by atoms with Gasteiger partial charge in [0.2, 0.25) is 0 Å². The molecule has 6 heteroatoms. The van der Waals surface area contributed by atoms with Crippen molar-refractivity contribution >= 4 is 11.9 Å². The molecule has 0 atom stereocenters. The normalized spacial score (nSPS) is 10.6. The van der Waals surface area contributed by atoms with Gasteiger partial charge in [-0.2, -0.15) is 0 Å². The molecule has 0 N–H and O–H groups in total. The van der Waals surface area contributed by atoms with Crippen molar-refractivity contribution < 1.29 is 28.5 Å². The first-order valence-corrected chi connectivity index (χ1v) is 12.2. The summed E-state index contributed by atoms with van der Waals surface area (Å²) in [4.78, 5) is 24.4. The largest absolute Gasteiger partial charge is 0.465 e. The van der Waals surface area contributed by atoms with Gasteiger partial charge < -0.3 is 18.9 Å². The van der Waals surface area contributed by atoms with Gasteiger partial charge in [-0.25, -0.2) is 9.59 Å². The molecule has 0 saturated heterocycles. The topological polar surface area (TPSA) is 71.1 Å². The number of rotatable bonds is 7. The van der Waals surface area contributed by atoms with Gasteiger partial charge in [0.05, 0.1) is 18.2 Å². The fourth-order valence-electron chi connectivity index (χ4n) is 4.05. The first-order chi connectivity index (χ1) is 18.1. The van der Waals surface area contributed by atoms with Gasteiger partial charge in [0.1, 0.15) is 28.7 Å². The minimum absolute atomic E-state index is 0.392. The number of carbonyl (C=O) groups is 2. The summed E-state index contributed by atoms with van der Waals surface area (Å²) in [7, 11) is 1.33. The first-order valence-electron chi connectivity index (χ1n) is 12.2. The number of methoxy groups -OCH3 is 1. The maximum Gasteiger partial charge on any atom is 0.343 e. The summed E-state index contributed by atoms with van der Waals surface area (Å²) in [5.74, 6) is 2.18. The van der Waals surface area contributed by atoms with Crippen LogP contribution in [-0.2, 0) is 4.74 Å². The average molecular weight is 511 g/mol. The second-order valence-electron chi connectivity index (χ2n) is 9.20. The molecule has 4 aromatic rings. The number of benzene rings is 4. The maximum atomic E-state index is 12.9. The fourth-order valence-corrected chi connectivity index (χ4v) is 4.05. The average Bonchev–Trinajstić information content (AvgIpc) is 2.89. The van der Waals surface area contributed by atoms with Crippen molar-refractivity contribution in [2.45, 2.75) is 34.6 Å². The summed E-state index contributed by atoms with van der Waals surface area (Å²) in [6, 6.07) is 21.0. The van der Waals surface area contributed by atoms with Gasteiger partial charge in [-0.15, -0.1) is 0 Å². The SMILES string of the molecule is COC(=O)c1ccc(Oc2ccc(C(=O)Oc3c(C)cc(Oc4cc(C)c(C)c(C)c4)cc3C)cc2)cc1. The molecule has 0 aromatic heterocycles. The van der Waals surface area contributed by atoms with Crippen molar-refractivity contribution in [1.29, 1.82) is 0 Å². The van der Waals surface area contributed by atoms with E-state index in [-0.39, 0.29) is 0 Å². The van der Waals surface area contributed by atoms with E-state index in [9.17, 15) is 9.59 Å². The minimum atomic E-state index is -0.469. The van der Waals surface area contributed by atoms with Gasteiger partial charge in [0.25, 0.3) is 0 Å². The predicted octanol–water partition coefficient (Wildman–Crippen LogP) is 7.82. The Balaban J connectivity index is 1.43. The van der Waals surface area contributed by atoms with Crippen molar-refractivity contribution in [2.75, 3.05) is 7.11 Å². The number of hydrogen-bond donors (Lipinski definition) is 0. The molecule has 0 aliphatic carbocycles. The molecule has 0 aliphatic rings. The second kappa shape index (κ2) is 11.2. The van der Waals surface area contributed by atoms with Crippen LogP contribution in [0.25, 0.3) is 0 Å². The van der Waals surface area contributed by atoms with E-state index in [0.29, 0.717) is 34.1 Å². The van der Waals surface area contributed by atoms with Gasteiger partial charge in [-0.3, -0.25) is 0 Å². The third kappa shape index (κ3) is 6.03. The first kappa shape index (κ1) is 26.5. The molecular formula is C32H30O6. The zero-order valence-corrected chi connectivity index (χ0v) is 22.4. The van der Waals surface area contributed by atoms with Crippen LogP contribution in [0, 0.1) is 34.6 Å². The molecule has 0 fully saturated rings. The number of hydrogen-bond acceptors (Lipinski definition) is 6. The van der Waals surface area contributed by atoms with Crippen LogP contribution in [0.2, 0.25) is 0 Å². The molecule has 4 aromatic carbocycles. The molecule has 0 unspecified atom stereocenters. The van der Waals surface area contributed by atoms with E-state index in [1.807, 2.05) is 38.1 Å². The Bertz CT molecular complexity index is 1440. The standard InChI is InChI=1S/C32H30O6/c1-19-15-28(16-20(2)23(19)5)37-29-17-21(3)30(22(4)18-29)38-32(34)25-9-13-27(14-10-25)36-26-11-7-24(8-12-26)31(33)35-6/h7-18H,1-6H3. The third-order valence-corrected chi connectivity index (χ3v) is 6.37. The van der Waals surface area contributed by atoms with E-state index in [1.54, 1.807) is 48.5 Å². The quantitative estimate of drug-likeness (QED) is 0.186. The Hall–Kier alpha value is -4.58. The monoisotopic (exact) mass is 510 g/mol. The zero-order chi connectivity index (χ0) is 27.4. The molecule has 4 rings (SSSR count). The van der Waals surface area contributed by atoms with Gasteiger partial charge >= 0.3 is 11.9 Å². The smallest absolute Gasteiger partial charge is 0.343 e. The highest BCUT2D eigenvalue weighted by Gasteiger charge is 2.15. The van der Waals surface area contributed by atoms with E-state index in [2.05, 4.69) is 20.8 Å². The highest BCUT2D eigenvalue weighted by molar-refractivity contribution is 5.91. The lowest BCUT2D eigenvalue weighted by Gasteiger charge is -2.15.